The highest BCUT2D eigenvalue weighted by atomic mass is 32.2. The fraction of sp³-hybridized carbons (Fsp3) is 0.250. The van der Waals surface area contributed by atoms with Crippen molar-refractivity contribution in [3.8, 4) is 5.75 Å². The van der Waals surface area contributed by atoms with Gasteiger partial charge in [0.05, 0.1) is 11.8 Å². The third-order valence-corrected chi connectivity index (χ3v) is 4.72. The second-order valence-corrected chi connectivity index (χ2v) is 7.04. The molecule has 0 unspecified atom stereocenters. The lowest BCUT2D eigenvalue weighted by molar-refractivity contribution is -0.119. The number of hydrogen-bond acceptors (Lipinski definition) is 6. The first-order valence-electron chi connectivity index (χ1n) is 8.74. The summed E-state index contributed by atoms with van der Waals surface area (Å²) < 4.78 is 24.1. The number of thioether (sulfide) groups is 1. The highest BCUT2D eigenvalue weighted by Crippen LogP contribution is 2.24. The summed E-state index contributed by atoms with van der Waals surface area (Å²) in [5.74, 6) is 0.472. The van der Waals surface area contributed by atoms with Crippen LogP contribution in [0.15, 0.2) is 64.2 Å². The summed E-state index contributed by atoms with van der Waals surface area (Å²) in [5, 5.41) is 11.1. The number of rotatable bonds is 8. The van der Waals surface area contributed by atoms with E-state index >= 15 is 0 Å². The Bertz CT molecular complexity index is 903. The number of benzene rings is 2. The van der Waals surface area contributed by atoms with Gasteiger partial charge in [0.2, 0.25) is 5.91 Å². The molecule has 3 aromatic rings. The minimum Gasteiger partial charge on any atom is -0.481 e. The van der Waals surface area contributed by atoms with E-state index in [1.165, 1.54) is 24.3 Å². The molecular weight excluding hydrogens is 381 g/mol. The molecule has 2 aromatic carbocycles. The van der Waals surface area contributed by atoms with Crippen molar-refractivity contribution in [2.75, 3.05) is 5.75 Å². The van der Waals surface area contributed by atoms with E-state index in [2.05, 4.69) is 15.5 Å². The van der Waals surface area contributed by atoms with E-state index in [1.54, 1.807) is 6.92 Å². The van der Waals surface area contributed by atoms with Crippen LogP contribution >= 0.6 is 11.8 Å². The van der Waals surface area contributed by atoms with Gasteiger partial charge >= 0.3 is 0 Å². The first-order valence-corrected chi connectivity index (χ1v) is 9.72. The fourth-order valence-corrected chi connectivity index (χ4v) is 3.03. The van der Waals surface area contributed by atoms with Crippen LogP contribution in [0.4, 0.5) is 4.39 Å². The summed E-state index contributed by atoms with van der Waals surface area (Å²) in [6, 6.07) is 15.3. The lowest BCUT2D eigenvalue weighted by Gasteiger charge is -2.13. The molecule has 0 saturated heterocycles. The summed E-state index contributed by atoms with van der Waals surface area (Å²) in [5.41, 5.74) is 1.03. The molecule has 6 nitrogen and oxygen atoms in total. The molecule has 0 spiro atoms. The number of nitrogens with one attached hydrogen (secondary N) is 1. The number of halogens is 1. The molecule has 0 aliphatic heterocycles. The number of carbonyl (C=O) groups is 1. The molecule has 1 heterocycles. The Labute approximate surface area is 166 Å². The van der Waals surface area contributed by atoms with Crippen LogP contribution in [0.3, 0.4) is 0 Å². The highest BCUT2D eigenvalue weighted by Gasteiger charge is 2.17. The average molecular weight is 401 g/mol. The van der Waals surface area contributed by atoms with E-state index < -0.39 is 6.10 Å². The number of ether oxygens (including phenoxy) is 1. The van der Waals surface area contributed by atoms with Crippen molar-refractivity contribution >= 4 is 17.7 Å². The van der Waals surface area contributed by atoms with Crippen molar-refractivity contribution in [3.63, 3.8) is 0 Å². The summed E-state index contributed by atoms with van der Waals surface area (Å²) in [4.78, 5) is 12.1. The van der Waals surface area contributed by atoms with Crippen molar-refractivity contribution in [3.05, 3.63) is 71.9 Å². The third-order valence-electron chi connectivity index (χ3n) is 3.90. The molecule has 28 heavy (non-hydrogen) atoms. The van der Waals surface area contributed by atoms with Gasteiger partial charge in [-0.3, -0.25) is 4.79 Å². The molecule has 8 heteroatoms. The van der Waals surface area contributed by atoms with E-state index in [0.29, 0.717) is 5.75 Å². The van der Waals surface area contributed by atoms with Crippen LogP contribution in [0, 0.1) is 5.82 Å². The van der Waals surface area contributed by atoms with Crippen LogP contribution in [-0.2, 0) is 4.79 Å². The SMILES string of the molecule is C[C@H](NC(=O)CSc1nnc([C@H](C)Oc2ccc(F)cc2)o1)c1ccccc1. The van der Waals surface area contributed by atoms with Gasteiger partial charge in [-0.2, -0.15) is 0 Å². The maximum atomic E-state index is 12.9. The normalized spacial score (nSPS) is 13.0. The van der Waals surface area contributed by atoms with E-state index in [-0.39, 0.29) is 34.6 Å². The first-order chi connectivity index (χ1) is 13.5. The summed E-state index contributed by atoms with van der Waals surface area (Å²) in [7, 11) is 0. The number of amides is 1. The van der Waals surface area contributed by atoms with Crippen LogP contribution < -0.4 is 10.1 Å². The van der Waals surface area contributed by atoms with Gasteiger partial charge < -0.3 is 14.5 Å². The minimum atomic E-state index is -0.501. The topological polar surface area (TPSA) is 77.2 Å². The molecule has 0 fully saturated rings. The molecule has 2 atom stereocenters. The molecule has 146 valence electrons. The zero-order valence-corrected chi connectivity index (χ0v) is 16.3. The van der Waals surface area contributed by atoms with Crippen molar-refractivity contribution in [1.82, 2.24) is 15.5 Å². The Hall–Kier alpha value is -2.87. The Kier molecular flexibility index (Phi) is 6.65. The first kappa shape index (κ1) is 19.9. The number of nitrogens with zero attached hydrogens (tertiary/aromatic N) is 2. The molecule has 3 rings (SSSR count). The van der Waals surface area contributed by atoms with Gasteiger partial charge in [-0.1, -0.05) is 42.1 Å². The largest absolute Gasteiger partial charge is 0.481 e. The maximum absolute atomic E-state index is 12.9. The highest BCUT2D eigenvalue weighted by molar-refractivity contribution is 7.99. The van der Waals surface area contributed by atoms with Crippen molar-refractivity contribution in [1.29, 1.82) is 0 Å². The van der Waals surface area contributed by atoms with Gasteiger partial charge in [-0.15, -0.1) is 10.2 Å². The number of aromatic nitrogens is 2. The van der Waals surface area contributed by atoms with E-state index in [4.69, 9.17) is 9.15 Å². The maximum Gasteiger partial charge on any atom is 0.277 e. The Balaban J connectivity index is 1.48. The van der Waals surface area contributed by atoms with Gasteiger partial charge in [0, 0.05) is 0 Å². The number of carbonyl (C=O) groups excluding carboxylic acids is 1. The van der Waals surface area contributed by atoms with Gasteiger partial charge in [0.15, 0.2) is 6.10 Å². The van der Waals surface area contributed by atoms with Crippen molar-refractivity contribution in [2.45, 2.75) is 31.2 Å². The number of hydrogen-bond donors (Lipinski definition) is 1. The summed E-state index contributed by atoms with van der Waals surface area (Å²) >= 11 is 1.15. The Morgan fingerprint density at radius 1 is 1.14 bits per heavy atom. The third kappa shape index (κ3) is 5.56. The Morgan fingerprint density at radius 2 is 1.86 bits per heavy atom. The summed E-state index contributed by atoms with van der Waals surface area (Å²) in [6.45, 7) is 3.68. The average Bonchev–Trinajstić information content (AvgIpc) is 3.18. The zero-order valence-electron chi connectivity index (χ0n) is 15.5. The van der Waals surface area contributed by atoms with Gasteiger partial charge in [0.25, 0.3) is 11.1 Å². The van der Waals surface area contributed by atoms with Gasteiger partial charge in [0.1, 0.15) is 11.6 Å². The molecule has 0 aliphatic carbocycles. The quantitative estimate of drug-likeness (QED) is 0.567. The fourth-order valence-electron chi connectivity index (χ4n) is 2.45. The monoisotopic (exact) mass is 401 g/mol. The molecular formula is C20H20FN3O3S. The van der Waals surface area contributed by atoms with Crippen LogP contribution in [0.25, 0.3) is 0 Å². The molecule has 0 radical (unpaired) electrons. The molecule has 0 aliphatic rings. The van der Waals surface area contributed by atoms with E-state index in [0.717, 1.165) is 17.3 Å². The Morgan fingerprint density at radius 3 is 2.57 bits per heavy atom. The van der Waals surface area contributed by atoms with Crippen molar-refractivity contribution < 1.29 is 18.3 Å². The van der Waals surface area contributed by atoms with Crippen LogP contribution in [0.2, 0.25) is 0 Å². The second kappa shape index (κ2) is 9.36. The molecule has 0 saturated carbocycles. The van der Waals surface area contributed by atoms with E-state index in [1.807, 2.05) is 37.3 Å². The molecule has 1 aromatic heterocycles. The van der Waals surface area contributed by atoms with Gasteiger partial charge in [-0.05, 0) is 43.7 Å². The summed E-state index contributed by atoms with van der Waals surface area (Å²) in [6.07, 6.45) is -0.501. The van der Waals surface area contributed by atoms with Crippen LogP contribution in [-0.4, -0.2) is 21.9 Å². The lowest BCUT2D eigenvalue weighted by atomic mass is 10.1. The van der Waals surface area contributed by atoms with Crippen LogP contribution in [0.5, 0.6) is 5.75 Å². The van der Waals surface area contributed by atoms with Gasteiger partial charge in [-0.25, -0.2) is 4.39 Å². The van der Waals surface area contributed by atoms with Crippen LogP contribution in [0.1, 0.15) is 37.4 Å². The lowest BCUT2D eigenvalue weighted by Crippen LogP contribution is -2.28. The standard InChI is InChI=1S/C20H20FN3O3S/c1-13(15-6-4-3-5-7-15)22-18(25)12-28-20-24-23-19(27-20)14(2)26-17-10-8-16(21)9-11-17/h3-11,13-14H,12H2,1-2H3,(H,22,25)/t13-,14-/m0/s1. The van der Waals surface area contributed by atoms with Crippen molar-refractivity contribution in [2.24, 2.45) is 0 Å². The van der Waals surface area contributed by atoms with E-state index in [9.17, 15) is 9.18 Å². The smallest absolute Gasteiger partial charge is 0.277 e. The predicted molar refractivity (Wildman–Crippen MR) is 103 cm³/mol. The predicted octanol–water partition coefficient (Wildman–Crippen LogP) is 4.32. The minimum absolute atomic E-state index is 0.0864. The zero-order chi connectivity index (χ0) is 19.9. The second-order valence-electron chi connectivity index (χ2n) is 6.11. The molecule has 1 N–H and O–H groups in total. The molecule has 1 amide bonds. The molecule has 0 bridgehead atoms.